The van der Waals surface area contributed by atoms with Gasteiger partial charge >= 0.3 is 0 Å². The second-order valence-corrected chi connectivity index (χ2v) is 33.9. The molecule has 16 aromatic heterocycles. The lowest BCUT2D eigenvalue weighted by Crippen LogP contribution is -2.29. The highest BCUT2D eigenvalue weighted by molar-refractivity contribution is 5.81. The van der Waals surface area contributed by atoms with E-state index in [2.05, 4.69) is 154 Å². The van der Waals surface area contributed by atoms with Crippen molar-refractivity contribution in [3.63, 3.8) is 0 Å². The van der Waals surface area contributed by atoms with E-state index in [9.17, 15) is 30.6 Å². The van der Waals surface area contributed by atoms with E-state index in [0.29, 0.717) is 86.7 Å². The fourth-order valence-corrected chi connectivity index (χ4v) is 18.2. The van der Waals surface area contributed by atoms with Gasteiger partial charge in [-0.1, -0.05) is 55.4 Å². The van der Waals surface area contributed by atoms with Gasteiger partial charge in [-0.25, -0.2) is 38.0 Å². The Bertz CT molecular complexity index is 5800. The molecule has 16 heterocycles. The molecule has 0 aliphatic heterocycles. The van der Waals surface area contributed by atoms with Crippen LogP contribution in [0.1, 0.15) is 194 Å². The van der Waals surface area contributed by atoms with E-state index in [1.54, 1.807) is 37.2 Å². The summed E-state index contributed by atoms with van der Waals surface area (Å²) in [4.78, 5) is 19.9. The molecule has 0 spiro atoms. The average Bonchev–Trinajstić information content (AvgIpc) is 1.67. The van der Waals surface area contributed by atoms with Gasteiger partial charge in [0.05, 0.1) is 227 Å². The van der Waals surface area contributed by atoms with Crippen LogP contribution in [0.5, 0.6) is 0 Å². The molecule has 20 rings (SSSR count). The van der Waals surface area contributed by atoms with Crippen molar-refractivity contribution in [2.45, 2.75) is 232 Å². The van der Waals surface area contributed by atoms with Crippen LogP contribution in [0.3, 0.4) is 0 Å². The number of fused-ring (bicyclic) bond motifs is 4. The minimum Gasteiger partial charge on any atom is -0.396 e. The predicted octanol–water partition coefficient (Wildman–Crippen LogP) is 13.4. The number of aliphatic hydroxyl groups excluding tert-OH is 6. The number of nitrogens with zero attached hydrogens (tertiary/aromatic N) is 28. The maximum atomic E-state index is 9.86. The third-order valence-corrected chi connectivity index (χ3v) is 25.7. The number of hydrogen-bond acceptors (Lipinski definition) is 22. The summed E-state index contributed by atoms with van der Waals surface area (Å²) < 4.78 is 23.2. The number of hydrogen-bond donors (Lipinski definition) is 6. The van der Waals surface area contributed by atoms with Crippen molar-refractivity contribution in [3.8, 4) is 90.1 Å². The summed E-state index contributed by atoms with van der Waals surface area (Å²) in [6, 6.07) is 9.35. The zero-order valence-corrected chi connectivity index (χ0v) is 71.6. The van der Waals surface area contributed by atoms with Gasteiger partial charge in [0.2, 0.25) is 0 Å². The van der Waals surface area contributed by atoms with E-state index in [1.165, 1.54) is 0 Å². The Hall–Kier alpha value is -12.1. The van der Waals surface area contributed by atoms with Crippen LogP contribution in [0.2, 0.25) is 0 Å². The first kappa shape index (κ1) is 84.1. The molecule has 4 aliphatic rings. The molecule has 34 nitrogen and oxygen atoms in total. The predicted molar refractivity (Wildman–Crippen MR) is 467 cm³/mol. The Labute approximate surface area is 717 Å². The monoisotopic (exact) mass is 1680 g/mol. The van der Waals surface area contributed by atoms with E-state index in [-0.39, 0.29) is 12.1 Å². The first-order valence-corrected chi connectivity index (χ1v) is 44.1. The molecule has 4 aliphatic carbocycles. The molecule has 34 heteroatoms. The van der Waals surface area contributed by atoms with Crippen molar-refractivity contribution in [1.82, 2.24) is 137 Å². The highest BCUT2D eigenvalue weighted by Gasteiger charge is 2.36. The van der Waals surface area contributed by atoms with Gasteiger partial charge in [-0.15, -0.1) is 0 Å². The summed E-state index contributed by atoms with van der Waals surface area (Å²) >= 11 is 0. The quantitative estimate of drug-likeness (QED) is 0.0265. The molecule has 0 saturated heterocycles. The molecule has 124 heavy (non-hydrogen) atoms. The minimum absolute atomic E-state index is 0.0232. The zero-order chi connectivity index (χ0) is 85.8. The summed E-state index contributed by atoms with van der Waals surface area (Å²) in [6.45, 7) is 19.8. The third kappa shape index (κ3) is 17.6. The standard InChI is InChI=1S/2C23H29N7O.2C22H27N7O2/c2*1-3-20(4-2)29-13-19(10-26-29)23-22-5-6-24-30(22)14-21(27-23)18-9-25-28(12-18)11-16-7-17(8-16)15-31;2*1-3-16(4-2)27-12-15(10-25-27)22-19-5-6-23-29(19)13-18(26-22)14-9-24-28(11-14)17-7-20(30)21(31)8-17/h2*5-6,9-10,12-14,16-17,20,31H,3-4,7-8,11,15H2,1-2H3;2*5-6,9-13,16-17,20-21,30-31H,3-4,7-8H2,1-2H3/t;;2*17?,20-,21+. The summed E-state index contributed by atoms with van der Waals surface area (Å²) in [5, 5.41) is 112. The first-order valence-electron chi connectivity index (χ1n) is 44.1. The third-order valence-electron chi connectivity index (χ3n) is 25.7. The first-order chi connectivity index (χ1) is 60.5. The number of aromatic nitrogens is 28. The highest BCUT2D eigenvalue weighted by Crippen LogP contribution is 2.40. The molecular weight excluding hydrogens is 1570 g/mol. The van der Waals surface area contributed by atoms with Crippen LogP contribution in [0.4, 0.5) is 0 Å². The second kappa shape index (κ2) is 37.2. The number of rotatable bonds is 28. The molecule has 6 atom stereocenters. The lowest BCUT2D eigenvalue weighted by Gasteiger charge is -2.33. The smallest absolute Gasteiger partial charge is 0.0999 e. The van der Waals surface area contributed by atoms with E-state index in [4.69, 9.17) is 19.9 Å². The Kier molecular flexibility index (Phi) is 25.2. The SMILES string of the molecule is CCC(CC)n1cc(-c2nc(-c3cnn(C4C[C@@H](O)[C@@H](O)C4)c3)cn3nccc23)cn1.CCC(CC)n1cc(-c2nc(-c3cnn(C4C[C@@H](O)[C@@H](O)C4)c3)cn3nccc23)cn1.CCC(CC)n1cc(-c2nc(-c3cnn(CC4CC(CO)C4)c3)cn3nccc23)cn1.CCC(CC)n1cc(-c2nc(-c3cnn(CC4CC(CO)C4)c3)cn3nccc23)cn1. The zero-order valence-electron chi connectivity index (χ0n) is 71.6. The molecule has 4 saturated carbocycles. The molecule has 16 aromatic rings. The van der Waals surface area contributed by atoms with E-state index in [1.807, 2.05) is 154 Å². The van der Waals surface area contributed by atoms with E-state index in [0.717, 1.165) is 202 Å². The molecule has 0 amide bonds. The van der Waals surface area contributed by atoms with Gasteiger partial charge in [-0.05, 0) is 151 Å². The Morgan fingerprint density at radius 3 is 0.790 bits per heavy atom. The van der Waals surface area contributed by atoms with Gasteiger partial charge in [-0.2, -0.15) is 61.2 Å². The van der Waals surface area contributed by atoms with Gasteiger partial charge in [-0.3, -0.25) is 37.5 Å². The Balaban J connectivity index is 0.000000117. The highest BCUT2D eigenvalue weighted by atomic mass is 16.3. The van der Waals surface area contributed by atoms with Crippen LogP contribution >= 0.6 is 0 Å². The van der Waals surface area contributed by atoms with Crippen LogP contribution in [0.25, 0.3) is 112 Å². The minimum atomic E-state index is -0.700. The molecule has 4 fully saturated rings. The van der Waals surface area contributed by atoms with Crippen LogP contribution in [-0.4, -0.2) is 205 Å². The molecule has 0 radical (unpaired) electrons. The molecule has 0 bridgehead atoms. The van der Waals surface area contributed by atoms with Gasteiger partial charge in [0.1, 0.15) is 0 Å². The van der Waals surface area contributed by atoms with Crippen LogP contribution < -0.4 is 0 Å². The molecule has 6 N–H and O–H groups in total. The lowest BCUT2D eigenvalue weighted by atomic mass is 9.75. The summed E-state index contributed by atoms with van der Waals surface area (Å²) in [6.07, 6.45) is 57.7. The van der Waals surface area contributed by atoms with Gasteiger partial charge < -0.3 is 30.6 Å². The van der Waals surface area contributed by atoms with Crippen LogP contribution in [0, 0.1) is 23.7 Å². The fraction of sp³-hybridized carbons (Fsp3) is 0.467. The van der Waals surface area contributed by atoms with Gasteiger partial charge in [0.15, 0.2) is 0 Å². The second-order valence-electron chi connectivity index (χ2n) is 33.9. The van der Waals surface area contributed by atoms with Crippen molar-refractivity contribution >= 4 is 22.1 Å². The topological polar surface area (TPSA) is 385 Å². The summed E-state index contributed by atoms with van der Waals surface area (Å²) in [5.41, 5.74) is 17.9. The lowest BCUT2D eigenvalue weighted by molar-refractivity contribution is 0.0438. The largest absolute Gasteiger partial charge is 0.396 e. The van der Waals surface area contributed by atoms with Crippen molar-refractivity contribution in [1.29, 1.82) is 0 Å². The van der Waals surface area contributed by atoms with Crippen LogP contribution in [-0.2, 0) is 13.1 Å². The van der Waals surface area contributed by atoms with Gasteiger partial charge in [0, 0.05) is 120 Å². The Morgan fingerprint density at radius 1 is 0.282 bits per heavy atom. The van der Waals surface area contributed by atoms with Crippen molar-refractivity contribution in [2.24, 2.45) is 23.7 Å². The van der Waals surface area contributed by atoms with Crippen molar-refractivity contribution < 1.29 is 30.6 Å². The Morgan fingerprint density at radius 2 is 0.532 bits per heavy atom. The van der Waals surface area contributed by atoms with E-state index >= 15 is 0 Å². The molecule has 0 aromatic carbocycles. The maximum absolute atomic E-state index is 9.86. The molecule has 648 valence electrons. The summed E-state index contributed by atoms with van der Waals surface area (Å²) in [7, 11) is 0. The fourth-order valence-electron chi connectivity index (χ4n) is 18.2. The number of aliphatic hydroxyl groups is 6. The van der Waals surface area contributed by atoms with Crippen molar-refractivity contribution in [3.05, 3.63) is 173 Å². The molecular formula is C90H112N28O6. The average molecular weight is 1680 g/mol. The van der Waals surface area contributed by atoms with Gasteiger partial charge in [0.25, 0.3) is 0 Å². The normalized spacial score (nSPS) is 20.1. The molecule has 2 unspecified atom stereocenters. The van der Waals surface area contributed by atoms with E-state index < -0.39 is 24.4 Å². The van der Waals surface area contributed by atoms with Crippen molar-refractivity contribution in [2.75, 3.05) is 13.2 Å². The maximum Gasteiger partial charge on any atom is 0.0999 e. The summed E-state index contributed by atoms with van der Waals surface area (Å²) in [5.74, 6) is 2.12. The van der Waals surface area contributed by atoms with Crippen LogP contribution in [0.15, 0.2) is 173 Å².